The van der Waals surface area contributed by atoms with Crippen molar-refractivity contribution >= 4 is 47.6 Å². The summed E-state index contributed by atoms with van der Waals surface area (Å²) < 4.78 is 0. The summed E-state index contributed by atoms with van der Waals surface area (Å²) >= 11 is 1.84. The van der Waals surface area contributed by atoms with Gasteiger partial charge in [-0.05, 0) is 38.2 Å². The van der Waals surface area contributed by atoms with Crippen LogP contribution in [-0.4, -0.2) is 50.1 Å². The topological polar surface area (TPSA) is 65.5 Å². The molecule has 0 aromatic carbocycles. The van der Waals surface area contributed by atoms with Crippen LogP contribution in [0.2, 0.25) is 0 Å². The van der Waals surface area contributed by atoms with Crippen LogP contribution in [0, 0.1) is 5.92 Å². The van der Waals surface area contributed by atoms with Gasteiger partial charge in [0, 0.05) is 32.1 Å². The lowest BCUT2D eigenvalue weighted by molar-refractivity contribution is -0.122. The molecule has 1 amide bonds. The SMILES string of the molecule is CCNC(=NCCCSC)NCCNC(=O)C1CC1.I. The lowest BCUT2D eigenvalue weighted by Crippen LogP contribution is -2.41. The van der Waals surface area contributed by atoms with Crippen molar-refractivity contribution in [2.75, 3.05) is 38.2 Å². The van der Waals surface area contributed by atoms with Gasteiger partial charge in [-0.1, -0.05) is 0 Å². The van der Waals surface area contributed by atoms with Crippen molar-refractivity contribution in [3.8, 4) is 0 Å². The minimum Gasteiger partial charge on any atom is -0.357 e. The minimum atomic E-state index is 0. The fraction of sp³-hybridized carbons (Fsp3) is 0.846. The van der Waals surface area contributed by atoms with Gasteiger partial charge in [0.2, 0.25) is 5.91 Å². The van der Waals surface area contributed by atoms with E-state index in [1.54, 1.807) is 0 Å². The molecular weight excluding hydrogens is 387 g/mol. The van der Waals surface area contributed by atoms with Crippen LogP contribution in [-0.2, 0) is 4.79 Å². The molecule has 20 heavy (non-hydrogen) atoms. The molecule has 0 bridgehead atoms. The maximum Gasteiger partial charge on any atom is 0.223 e. The van der Waals surface area contributed by atoms with Crippen molar-refractivity contribution in [2.45, 2.75) is 26.2 Å². The number of guanidine groups is 1. The number of nitrogens with one attached hydrogen (secondary N) is 3. The Kier molecular flexibility index (Phi) is 12.4. The summed E-state index contributed by atoms with van der Waals surface area (Å²) in [6.07, 6.45) is 5.31. The number of nitrogens with zero attached hydrogens (tertiary/aromatic N) is 1. The third-order valence-corrected chi connectivity index (χ3v) is 3.48. The largest absolute Gasteiger partial charge is 0.357 e. The Hall–Kier alpha value is -0.180. The predicted molar refractivity (Wildman–Crippen MR) is 98.1 cm³/mol. The first-order chi connectivity index (χ1) is 9.27. The molecule has 5 nitrogen and oxygen atoms in total. The molecule has 1 aliphatic rings. The Balaban J connectivity index is 0.00000361. The van der Waals surface area contributed by atoms with Gasteiger partial charge in [0.1, 0.15) is 0 Å². The summed E-state index contributed by atoms with van der Waals surface area (Å²) in [6, 6.07) is 0. The molecule has 0 aliphatic heterocycles. The molecule has 0 unspecified atom stereocenters. The molecule has 1 saturated carbocycles. The Morgan fingerprint density at radius 1 is 1.25 bits per heavy atom. The number of halogens is 1. The van der Waals surface area contributed by atoms with E-state index >= 15 is 0 Å². The number of thioether (sulfide) groups is 1. The van der Waals surface area contributed by atoms with Crippen molar-refractivity contribution in [1.29, 1.82) is 0 Å². The van der Waals surface area contributed by atoms with Crippen LogP contribution in [0.3, 0.4) is 0 Å². The highest BCUT2D eigenvalue weighted by Gasteiger charge is 2.28. The van der Waals surface area contributed by atoms with Crippen molar-refractivity contribution in [1.82, 2.24) is 16.0 Å². The summed E-state index contributed by atoms with van der Waals surface area (Å²) in [7, 11) is 0. The van der Waals surface area contributed by atoms with Crippen molar-refractivity contribution in [2.24, 2.45) is 10.9 Å². The van der Waals surface area contributed by atoms with Crippen LogP contribution in [0.25, 0.3) is 0 Å². The molecule has 0 aromatic heterocycles. The molecule has 0 aromatic rings. The van der Waals surface area contributed by atoms with Crippen molar-refractivity contribution in [3.63, 3.8) is 0 Å². The summed E-state index contributed by atoms with van der Waals surface area (Å²) in [5, 5.41) is 9.36. The first-order valence-electron chi connectivity index (χ1n) is 7.06. The zero-order chi connectivity index (χ0) is 13.9. The number of hydrogen-bond donors (Lipinski definition) is 3. The second kappa shape index (κ2) is 12.6. The quantitative estimate of drug-likeness (QED) is 0.231. The lowest BCUT2D eigenvalue weighted by atomic mass is 10.4. The molecule has 118 valence electrons. The molecule has 1 rings (SSSR count). The maximum absolute atomic E-state index is 11.4. The third kappa shape index (κ3) is 9.68. The van der Waals surface area contributed by atoms with Gasteiger partial charge in [0.15, 0.2) is 5.96 Å². The molecular formula is C13H27IN4OS. The number of amides is 1. The number of carbonyl (C=O) groups is 1. The van der Waals surface area contributed by atoms with Crippen LogP contribution >= 0.6 is 35.7 Å². The first-order valence-corrected chi connectivity index (χ1v) is 8.46. The van der Waals surface area contributed by atoms with Gasteiger partial charge in [0.05, 0.1) is 0 Å². The molecule has 1 aliphatic carbocycles. The lowest BCUT2D eigenvalue weighted by Gasteiger charge is -2.11. The molecule has 0 saturated heterocycles. The van der Waals surface area contributed by atoms with E-state index in [9.17, 15) is 4.79 Å². The maximum atomic E-state index is 11.4. The molecule has 3 N–H and O–H groups in total. The van der Waals surface area contributed by atoms with Gasteiger partial charge in [-0.25, -0.2) is 0 Å². The normalized spacial score (nSPS) is 14.4. The van der Waals surface area contributed by atoms with E-state index in [0.29, 0.717) is 13.1 Å². The summed E-state index contributed by atoms with van der Waals surface area (Å²) in [5.74, 6) is 2.46. The van der Waals surface area contributed by atoms with Gasteiger partial charge >= 0.3 is 0 Å². The van der Waals surface area contributed by atoms with E-state index in [1.807, 2.05) is 18.7 Å². The number of carbonyl (C=O) groups excluding carboxylic acids is 1. The summed E-state index contributed by atoms with van der Waals surface area (Å²) in [4.78, 5) is 15.9. The van der Waals surface area contributed by atoms with Gasteiger partial charge in [-0.3, -0.25) is 9.79 Å². The highest BCUT2D eigenvalue weighted by Crippen LogP contribution is 2.28. The second-order valence-corrected chi connectivity index (χ2v) is 5.58. The van der Waals surface area contributed by atoms with E-state index in [2.05, 4.69) is 27.2 Å². The average molecular weight is 414 g/mol. The Morgan fingerprint density at radius 3 is 2.55 bits per heavy atom. The van der Waals surface area contributed by atoms with Gasteiger partial charge < -0.3 is 16.0 Å². The zero-order valence-corrected chi connectivity index (χ0v) is 15.6. The van der Waals surface area contributed by atoms with Crippen molar-refractivity contribution in [3.05, 3.63) is 0 Å². The smallest absolute Gasteiger partial charge is 0.223 e. The molecule has 0 spiro atoms. The van der Waals surface area contributed by atoms with E-state index in [1.165, 1.54) is 0 Å². The van der Waals surface area contributed by atoms with Crippen LogP contribution < -0.4 is 16.0 Å². The van der Waals surface area contributed by atoms with Gasteiger partial charge in [-0.2, -0.15) is 11.8 Å². The Labute approximate surface area is 143 Å². The van der Waals surface area contributed by atoms with Crippen molar-refractivity contribution < 1.29 is 4.79 Å². The standard InChI is InChI=1S/C13H26N4OS.HI/c1-3-14-13(16-7-4-10-19-2)17-9-8-15-12(18)11-5-6-11;/h11H,3-10H2,1-2H3,(H,15,18)(H2,14,16,17);1H. The molecule has 0 heterocycles. The van der Waals surface area contributed by atoms with Crippen LogP contribution in [0.5, 0.6) is 0 Å². The molecule has 7 heteroatoms. The fourth-order valence-electron chi connectivity index (χ4n) is 1.60. The highest BCUT2D eigenvalue weighted by molar-refractivity contribution is 14.0. The summed E-state index contributed by atoms with van der Waals surface area (Å²) in [6.45, 7) is 5.11. The number of hydrogen-bond acceptors (Lipinski definition) is 3. The first kappa shape index (κ1) is 19.8. The van der Waals surface area contributed by atoms with E-state index in [0.717, 1.165) is 44.1 Å². The highest BCUT2D eigenvalue weighted by atomic mass is 127. The number of aliphatic imine (C=N–C) groups is 1. The summed E-state index contributed by atoms with van der Waals surface area (Å²) in [5.41, 5.74) is 0. The van der Waals surface area contributed by atoms with Gasteiger partial charge in [-0.15, -0.1) is 24.0 Å². The van der Waals surface area contributed by atoms with Crippen LogP contribution in [0.15, 0.2) is 4.99 Å². The molecule has 0 atom stereocenters. The van der Waals surface area contributed by atoms with E-state index < -0.39 is 0 Å². The Morgan fingerprint density at radius 2 is 1.95 bits per heavy atom. The third-order valence-electron chi connectivity index (χ3n) is 2.79. The van der Waals surface area contributed by atoms with E-state index in [-0.39, 0.29) is 35.8 Å². The van der Waals surface area contributed by atoms with Crippen LogP contribution in [0.1, 0.15) is 26.2 Å². The predicted octanol–water partition coefficient (Wildman–Crippen LogP) is 1.44. The fourth-order valence-corrected chi connectivity index (χ4v) is 2.02. The number of rotatable bonds is 9. The average Bonchev–Trinajstić information content (AvgIpc) is 3.23. The molecule has 0 radical (unpaired) electrons. The van der Waals surface area contributed by atoms with E-state index in [4.69, 9.17) is 0 Å². The van der Waals surface area contributed by atoms with Gasteiger partial charge in [0.25, 0.3) is 0 Å². The monoisotopic (exact) mass is 414 g/mol. The van der Waals surface area contributed by atoms with Crippen LogP contribution in [0.4, 0.5) is 0 Å². The Bertz CT molecular complexity index is 298. The zero-order valence-electron chi connectivity index (χ0n) is 12.4. The second-order valence-electron chi connectivity index (χ2n) is 4.60. The minimum absolute atomic E-state index is 0. The molecule has 1 fully saturated rings.